The van der Waals surface area contributed by atoms with Gasteiger partial charge in [-0.25, -0.2) is 0 Å². The van der Waals surface area contributed by atoms with Gasteiger partial charge in [0.05, 0.1) is 0 Å². The lowest BCUT2D eigenvalue weighted by Crippen LogP contribution is -2.46. The maximum Gasteiger partial charge on any atom is 0.288 e. The molecule has 0 unspecified atom stereocenters. The van der Waals surface area contributed by atoms with E-state index < -0.39 is 11.3 Å². The maximum atomic E-state index is 12.2. The first-order valence-corrected chi connectivity index (χ1v) is 7.19. The quantitative estimate of drug-likeness (QED) is 0.637. The largest absolute Gasteiger partial charge is 0.336 e. The minimum absolute atomic E-state index is 0.291. The molecule has 1 aromatic rings. The Morgan fingerprint density at radius 2 is 1.90 bits per heavy atom. The van der Waals surface area contributed by atoms with E-state index in [-0.39, 0.29) is 5.91 Å². The summed E-state index contributed by atoms with van der Waals surface area (Å²) in [5, 5.41) is 2.83. The Bertz CT molecular complexity index is 490. The fourth-order valence-corrected chi connectivity index (χ4v) is 2.24. The summed E-state index contributed by atoms with van der Waals surface area (Å²) < 4.78 is 24.4. The summed E-state index contributed by atoms with van der Waals surface area (Å²) in [5.74, 6) is -0.142. The van der Waals surface area contributed by atoms with E-state index >= 15 is 0 Å². The Morgan fingerprint density at radius 3 is 2.30 bits per heavy atom. The average Bonchev–Trinajstić information content (AvgIpc) is 2.45. The summed E-state index contributed by atoms with van der Waals surface area (Å²) in [5.41, 5.74) is -0.252. The van der Waals surface area contributed by atoms with E-state index in [0.29, 0.717) is 35.1 Å². The molecular weight excluding hydrogens is 280 g/mol. The second-order valence-electron chi connectivity index (χ2n) is 4.29. The van der Waals surface area contributed by atoms with Gasteiger partial charge in [0.15, 0.2) is 0 Å². The van der Waals surface area contributed by atoms with Crippen molar-refractivity contribution in [1.82, 2.24) is 5.32 Å². The van der Waals surface area contributed by atoms with Crippen LogP contribution < -0.4 is 5.32 Å². The van der Waals surface area contributed by atoms with Crippen molar-refractivity contribution in [2.75, 3.05) is 0 Å². The van der Waals surface area contributed by atoms with E-state index in [0.717, 1.165) is 0 Å². The topological polar surface area (TPSA) is 29.1 Å². The molecule has 1 amide bonds. The lowest BCUT2D eigenvalue weighted by Gasteiger charge is -2.27. The zero-order valence-electron chi connectivity index (χ0n) is 11.5. The molecule has 1 rings (SSSR count). The molecule has 0 spiro atoms. The van der Waals surface area contributed by atoms with Gasteiger partial charge in [0.1, 0.15) is 5.54 Å². The minimum atomic E-state index is -2.47. The van der Waals surface area contributed by atoms with E-state index in [2.05, 4.69) is 11.2 Å². The fraction of sp³-hybridized carbons (Fsp3) is 0.400. The number of alkyl halides is 2. The van der Waals surface area contributed by atoms with Crippen molar-refractivity contribution in [1.29, 1.82) is 0 Å². The summed E-state index contributed by atoms with van der Waals surface area (Å²) in [6, 6.07) is 6.04. The average molecular weight is 297 g/mol. The number of amides is 1. The van der Waals surface area contributed by atoms with Crippen LogP contribution in [0.4, 0.5) is 8.78 Å². The van der Waals surface area contributed by atoms with Crippen molar-refractivity contribution in [3.05, 3.63) is 29.8 Å². The maximum absolute atomic E-state index is 12.2. The second-order valence-corrected chi connectivity index (χ2v) is 5.35. The van der Waals surface area contributed by atoms with E-state index in [1.54, 1.807) is 0 Å². The Morgan fingerprint density at radius 1 is 1.35 bits per heavy atom. The fourth-order valence-electron chi connectivity index (χ4n) is 1.74. The van der Waals surface area contributed by atoms with Gasteiger partial charge in [-0.2, -0.15) is 8.78 Å². The highest BCUT2D eigenvalue weighted by Crippen LogP contribution is 2.25. The van der Waals surface area contributed by atoms with Crippen LogP contribution in [0, 0.1) is 12.3 Å². The zero-order chi connectivity index (χ0) is 15.2. The van der Waals surface area contributed by atoms with Crippen molar-refractivity contribution >= 4 is 17.7 Å². The van der Waals surface area contributed by atoms with Gasteiger partial charge in [0, 0.05) is 10.5 Å². The molecule has 108 valence electrons. The van der Waals surface area contributed by atoms with E-state index in [9.17, 15) is 13.6 Å². The van der Waals surface area contributed by atoms with Crippen molar-refractivity contribution in [3.8, 4) is 12.3 Å². The predicted octanol–water partition coefficient (Wildman–Crippen LogP) is 3.92. The number of hydrogen-bond acceptors (Lipinski definition) is 2. The number of carbonyl (C=O) groups excluding carboxylic acids is 1. The monoisotopic (exact) mass is 297 g/mol. The van der Waals surface area contributed by atoms with Crippen LogP contribution >= 0.6 is 11.8 Å². The molecule has 0 fully saturated rings. The van der Waals surface area contributed by atoms with E-state index in [1.807, 2.05) is 13.8 Å². The summed E-state index contributed by atoms with van der Waals surface area (Å²) >= 11 is 0.448. The third kappa shape index (κ3) is 4.24. The molecule has 0 aliphatic carbocycles. The van der Waals surface area contributed by atoms with Gasteiger partial charge in [-0.1, -0.05) is 31.5 Å². The number of benzene rings is 1. The normalized spacial score (nSPS) is 11.2. The molecule has 0 heterocycles. The standard InChI is InChI=1S/C15H17F2NOS/c1-4-15(5-2,6-3)18-13(19)11-7-9-12(10-8-11)20-14(16)17/h1,7-10,14H,5-6H2,2-3H3,(H,18,19). The highest BCUT2D eigenvalue weighted by atomic mass is 32.2. The van der Waals surface area contributed by atoms with Crippen LogP contribution in [0.3, 0.4) is 0 Å². The van der Waals surface area contributed by atoms with Gasteiger partial charge in [0.2, 0.25) is 0 Å². The van der Waals surface area contributed by atoms with Crippen LogP contribution in [0.15, 0.2) is 29.2 Å². The molecule has 0 saturated carbocycles. The molecule has 1 aromatic carbocycles. The number of halogens is 2. The summed E-state index contributed by atoms with van der Waals surface area (Å²) in [6.45, 7) is 3.82. The van der Waals surface area contributed by atoms with Crippen LogP contribution in [-0.4, -0.2) is 17.2 Å². The number of hydrogen-bond donors (Lipinski definition) is 1. The first kappa shape index (κ1) is 16.5. The van der Waals surface area contributed by atoms with E-state index in [1.165, 1.54) is 24.3 Å². The number of nitrogens with one attached hydrogen (secondary N) is 1. The summed E-state index contributed by atoms with van der Waals surface area (Å²) in [6.07, 6.45) is 6.74. The van der Waals surface area contributed by atoms with E-state index in [4.69, 9.17) is 6.42 Å². The van der Waals surface area contributed by atoms with Crippen molar-refractivity contribution < 1.29 is 13.6 Å². The second kappa shape index (κ2) is 7.30. The minimum Gasteiger partial charge on any atom is -0.336 e. The Hall–Kier alpha value is -1.54. The molecule has 0 atom stereocenters. The summed E-state index contributed by atoms with van der Waals surface area (Å²) in [4.78, 5) is 12.5. The molecular formula is C15H17F2NOS. The van der Waals surface area contributed by atoms with Crippen molar-refractivity contribution in [2.45, 2.75) is 42.9 Å². The van der Waals surface area contributed by atoms with Gasteiger partial charge in [-0.15, -0.1) is 6.42 Å². The number of carbonyl (C=O) groups is 1. The van der Waals surface area contributed by atoms with Gasteiger partial charge < -0.3 is 5.32 Å². The first-order chi connectivity index (χ1) is 9.46. The lowest BCUT2D eigenvalue weighted by molar-refractivity contribution is 0.0916. The Balaban J connectivity index is 2.80. The molecule has 20 heavy (non-hydrogen) atoms. The molecule has 0 aliphatic rings. The van der Waals surface area contributed by atoms with Crippen molar-refractivity contribution in [2.24, 2.45) is 0 Å². The van der Waals surface area contributed by atoms with Gasteiger partial charge in [0.25, 0.3) is 11.7 Å². The lowest BCUT2D eigenvalue weighted by atomic mass is 9.93. The number of terminal acetylenes is 1. The highest BCUT2D eigenvalue weighted by molar-refractivity contribution is 7.99. The Kier molecular flexibility index (Phi) is 6.03. The molecule has 0 aliphatic heterocycles. The van der Waals surface area contributed by atoms with Crippen LogP contribution in [0.1, 0.15) is 37.0 Å². The zero-order valence-corrected chi connectivity index (χ0v) is 12.3. The number of thioether (sulfide) groups is 1. The van der Waals surface area contributed by atoms with Crippen LogP contribution in [0.25, 0.3) is 0 Å². The molecule has 5 heteroatoms. The molecule has 0 aromatic heterocycles. The van der Waals surface area contributed by atoms with Crippen LogP contribution in [-0.2, 0) is 0 Å². The molecule has 0 bridgehead atoms. The first-order valence-electron chi connectivity index (χ1n) is 6.31. The number of rotatable bonds is 6. The molecule has 2 nitrogen and oxygen atoms in total. The molecule has 0 saturated heterocycles. The SMILES string of the molecule is C#CC(CC)(CC)NC(=O)c1ccc(SC(F)F)cc1. The third-order valence-electron chi connectivity index (χ3n) is 3.18. The summed E-state index contributed by atoms with van der Waals surface area (Å²) in [7, 11) is 0. The molecule has 1 N–H and O–H groups in total. The van der Waals surface area contributed by atoms with Gasteiger partial charge in [-0.3, -0.25) is 4.79 Å². The van der Waals surface area contributed by atoms with Gasteiger partial charge >= 0.3 is 0 Å². The molecule has 0 radical (unpaired) electrons. The highest BCUT2D eigenvalue weighted by Gasteiger charge is 2.25. The third-order valence-corrected chi connectivity index (χ3v) is 3.90. The smallest absolute Gasteiger partial charge is 0.288 e. The Labute approximate surface area is 122 Å². The predicted molar refractivity (Wildman–Crippen MR) is 77.9 cm³/mol. The van der Waals surface area contributed by atoms with Crippen molar-refractivity contribution in [3.63, 3.8) is 0 Å². The van der Waals surface area contributed by atoms with Gasteiger partial charge in [-0.05, 0) is 37.1 Å². The van der Waals surface area contributed by atoms with Crippen LogP contribution in [0.5, 0.6) is 0 Å². The van der Waals surface area contributed by atoms with Crippen LogP contribution in [0.2, 0.25) is 0 Å².